The van der Waals surface area contributed by atoms with Crippen molar-refractivity contribution in [3.05, 3.63) is 199 Å². The summed E-state index contributed by atoms with van der Waals surface area (Å²) in [6.45, 7) is 4.60. The minimum absolute atomic E-state index is 0.245. The molecule has 8 aromatic carbocycles. The molecule has 0 amide bonds. The maximum atomic E-state index is 6.56. The molecule has 10 aromatic rings. The summed E-state index contributed by atoms with van der Waals surface area (Å²) < 4.78 is 6.56. The molecule has 1 aliphatic carbocycles. The van der Waals surface area contributed by atoms with Crippen molar-refractivity contribution in [2.45, 2.75) is 19.3 Å². The van der Waals surface area contributed by atoms with Gasteiger partial charge in [-0.15, -0.1) is 0 Å². The zero-order valence-corrected chi connectivity index (χ0v) is 32.1. The molecule has 0 bridgehead atoms. The Morgan fingerprint density at radius 3 is 1.66 bits per heavy atom. The van der Waals surface area contributed by atoms with E-state index in [4.69, 9.17) is 19.4 Å². The van der Waals surface area contributed by atoms with Gasteiger partial charge in [-0.3, -0.25) is 0 Å². The number of rotatable bonds is 6. The van der Waals surface area contributed by atoms with Crippen LogP contribution >= 0.6 is 0 Å². The van der Waals surface area contributed by atoms with Crippen molar-refractivity contribution < 1.29 is 4.42 Å². The standard InChI is InChI=1S/C54H37N3O/c1-54(2)46-24-10-9-20-42(46)43-22-12-23-45(50(43)54)53-56-51(39-19-11-18-38(32-39)36-28-26-35(27-29-36)34-14-5-3-6-15-34)55-52(57-53)40-30-31-44-48(33-40)58-47-25-13-21-41(49(44)47)37-16-7-4-8-17-37/h3-33H,1-2H3. The number of nitrogens with zero attached hydrogens (tertiary/aromatic N) is 3. The molecule has 0 unspecified atom stereocenters. The highest BCUT2D eigenvalue weighted by atomic mass is 16.3. The zero-order chi connectivity index (χ0) is 38.8. The number of hydrogen-bond acceptors (Lipinski definition) is 4. The highest BCUT2D eigenvalue weighted by Crippen LogP contribution is 2.52. The molecule has 1 aliphatic rings. The Kier molecular flexibility index (Phi) is 7.80. The Morgan fingerprint density at radius 1 is 0.362 bits per heavy atom. The molecular formula is C54H37N3O. The van der Waals surface area contributed by atoms with Crippen LogP contribution in [-0.2, 0) is 5.41 Å². The van der Waals surface area contributed by atoms with Crippen LogP contribution in [0.4, 0.5) is 0 Å². The Bertz CT molecular complexity index is 3180. The summed E-state index contributed by atoms with van der Waals surface area (Å²) in [6, 6.07) is 66.0. The zero-order valence-electron chi connectivity index (χ0n) is 32.1. The van der Waals surface area contributed by atoms with Gasteiger partial charge in [-0.1, -0.05) is 178 Å². The molecule has 2 aromatic heterocycles. The minimum atomic E-state index is -0.245. The van der Waals surface area contributed by atoms with Gasteiger partial charge in [-0.05, 0) is 79.9 Å². The monoisotopic (exact) mass is 743 g/mol. The van der Waals surface area contributed by atoms with E-state index in [1.165, 1.54) is 33.4 Å². The minimum Gasteiger partial charge on any atom is -0.456 e. The molecule has 0 spiro atoms. The first-order chi connectivity index (χ1) is 28.5. The van der Waals surface area contributed by atoms with Gasteiger partial charge in [0.15, 0.2) is 17.5 Å². The quantitative estimate of drug-likeness (QED) is 0.170. The molecule has 0 radical (unpaired) electrons. The number of aromatic nitrogens is 3. The van der Waals surface area contributed by atoms with Crippen molar-refractivity contribution in [3.8, 4) is 78.7 Å². The maximum absolute atomic E-state index is 6.56. The summed E-state index contributed by atoms with van der Waals surface area (Å²) in [4.78, 5) is 15.8. The SMILES string of the molecule is CC1(C)c2ccccc2-c2cccc(-c3nc(-c4cccc(-c5ccc(-c6ccccc6)cc5)c4)nc(-c4ccc5c(c4)oc4cccc(-c6ccccc6)c45)n3)c21. The Morgan fingerprint density at radius 2 is 0.879 bits per heavy atom. The molecule has 4 heteroatoms. The van der Waals surface area contributed by atoms with Gasteiger partial charge in [-0.2, -0.15) is 0 Å². The van der Waals surface area contributed by atoms with E-state index in [-0.39, 0.29) is 5.41 Å². The maximum Gasteiger partial charge on any atom is 0.164 e. The number of benzene rings is 8. The summed E-state index contributed by atoms with van der Waals surface area (Å²) in [6.07, 6.45) is 0. The molecular weight excluding hydrogens is 707 g/mol. The fourth-order valence-corrected chi connectivity index (χ4v) is 8.94. The van der Waals surface area contributed by atoms with E-state index < -0.39 is 0 Å². The molecule has 4 nitrogen and oxygen atoms in total. The number of hydrogen-bond donors (Lipinski definition) is 0. The largest absolute Gasteiger partial charge is 0.456 e. The van der Waals surface area contributed by atoms with Crippen LogP contribution in [0.2, 0.25) is 0 Å². The average molecular weight is 744 g/mol. The van der Waals surface area contributed by atoms with E-state index in [9.17, 15) is 0 Å². The van der Waals surface area contributed by atoms with Crippen LogP contribution in [0.3, 0.4) is 0 Å². The average Bonchev–Trinajstić information content (AvgIpc) is 3.78. The van der Waals surface area contributed by atoms with Crippen LogP contribution in [0.1, 0.15) is 25.0 Å². The first-order valence-corrected chi connectivity index (χ1v) is 19.8. The van der Waals surface area contributed by atoms with Crippen molar-refractivity contribution in [1.82, 2.24) is 15.0 Å². The Hall–Kier alpha value is -7.43. The summed E-state index contributed by atoms with van der Waals surface area (Å²) in [5.41, 5.74) is 16.1. The summed E-state index contributed by atoms with van der Waals surface area (Å²) in [5.74, 6) is 1.85. The number of fused-ring (bicyclic) bond motifs is 6. The van der Waals surface area contributed by atoms with Crippen molar-refractivity contribution >= 4 is 21.9 Å². The molecule has 274 valence electrons. The molecule has 0 aliphatic heterocycles. The predicted molar refractivity (Wildman–Crippen MR) is 237 cm³/mol. The van der Waals surface area contributed by atoms with E-state index in [1.54, 1.807) is 0 Å². The van der Waals surface area contributed by atoms with E-state index >= 15 is 0 Å². The van der Waals surface area contributed by atoms with Gasteiger partial charge in [0.1, 0.15) is 11.2 Å². The van der Waals surface area contributed by atoms with Crippen molar-refractivity contribution in [2.75, 3.05) is 0 Å². The third-order valence-electron chi connectivity index (χ3n) is 11.7. The van der Waals surface area contributed by atoms with Crippen LogP contribution in [-0.4, -0.2) is 15.0 Å². The molecule has 0 N–H and O–H groups in total. The lowest BCUT2D eigenvalue weighted by molar-refractivity contribution is 0.661. The number of furan rings is 1. The molecule has 0 saturated carbocycles. The van der Waals surface area contributed by atoms with Crippen molar-refractivity contribution in [1.29, 1.82) is 0 Å². The molecule has 0 fully saturated rings. The lowest BCUT2D eigenvalue weighted by Gasteiger charge is -2.24. The van der Waals surface area contributed by atoms with Gasteiger partial charge >= 0.3 is 0 Å². The van der Waals surface area contributed by atoms with Gasteiger partial charge in [0.25, 0.3) is 0 Å². The first kappa shape index (κ1) is 33.9. The second kappa shape index (κ2) is 13.4. The van der Waals surface area contributed by atoms with Crippen LogP contribution in [0, 0.1) is 0 Å². The first-order valence-electron chi connectivity index (χ1n) is 19.8. The van der Waals surface area contributed by atoms with Crippen LogP contribution in [0.25, 0.3) is 101 Å². The van der Waals surface area contributed by atoms with Gasteiger partial charge < -0.3 is 4.42 Å². The molecule has 58 heavy (non-hydrogen) atoms. The molecule has 0 saturated heterocycles. The smallest absolute Gasteiger partial charge is 0.164 e. The van der Waals surface area contributed by atoms with Gasteiger partial charge in [0.2, 0.25) is 0 Å². The summed E-state index contributed by atoms with van der Waals surface area (Å²) >= 11 is 0. The van der Waals surface area contributed by atoms with Gasteiger partial charge in [-0.25, -0.2) is 15.0 Å². The lowest BCUT2D eigenvalue weighted by atomic mass is 9.80. The fraction of sp³-hybridized carbons (Fsp3) is 0.0556. The van der Waals surface area contributed by atoms with E-state index in [0.717, 1.165) is 60.9 Å². The van der Waals surface area contributed by atoms with Crippen molar-refractivity contribution in [3.63, 3.8) is 0 Å². The second-order valence-electron chi connectivity index (χ2n) is 15.6. The fourth-order valence-electron chi connectivity index (χ4n) is 8.94. The molecule has 11 rings (SSSR count). The summed E-state index contributed by atoms with van der Waals surface area (Å²) in [5, 5.41) is 2.15. The van der Waals surface area contributed by atoms with E-state index in [0.29, 0.717) is 17.5 Å². The van der Waals surface area contributed by atoms with E-state index in [2.05, 4.69) is 184 Å². The van der Waals surface area contributed by atoms with Crippen LogP contribution in [0.5, 0.6) is 0 Å². The normalized spacial score (nSPS) is 12.8. The second-order valence-corrected chi connectivity index (χ2v) is 15.6. The van der Waals surface area contributed by atoms with Gasteiger partial charge in [0, 0.05) is 32.9 Å². The van der Waals surface area contributed by atoms with E-state index in [1.807, 2.05) is 18.2 Å². The Labute approximate surface area is 337 Å². The lowest BCUT2D eigenvalue weighted by Crippen LogP contribution is -2.17. The topological polar surface area (TPSA) is 51.8 Å². The third-order valence-corrected chi connectivity index (χ3v) is 11.7. The summed E-state index contributed by atoms with van der Waals surface area (Å²) in [7, 11) is 0. The molecule has 2 heterocycles. The molecule has 0 atom stereocenters. The van der Waals surface area contributed by atoms with Crippen molar-refractivity contribution in [2.24, 2.45) is 0 Å². The Balaban J connectivity index is 1.07. The third kappa shape index (κ3) is 5.56. The van der Waals surface area contributed by atoms with Crippen LogP contribution in [0.15, 0.2) is 192 Å². The van der Waals surface area contributed by atoms with Gasteiger partial charge in [0.05, 0.1) is 0 Å². The predicted octanol–water partition coefficient (Wildman–Crippen LogP) is 14.1. The highest BCUT2D eigenvalue weighted by Gasteiger charge is 2.38. The highest BCUT2D eigenvalue weighted by molar-refractivity contribution is 6.13. The van der Waals surface area contributed by atoms with Crippen LogP contribution < -0.4 is 0 Å².